The van der Waals surface area contributed by atoms with Crippen LogP contribution in [-0.2, 0) is 6.42 Å². The zero-order valence-electron chi connectivity index (χ0n) is 11.4. The van der Waals surface area contributed by atoms with Gasteiger partial charge in [0.15, 0.2) is 0 Å². The third-order valence-electron chi connectivity index (χ3n) is 4.11. The van der Waals surface area contributed by atoms with E-state index in [0.29, 0.717) is 24.1 Å². The van der Waals surface area contributed by atoms with Gasteiger partial charge in [0.1, 0.15) is 11.6 Å². The van der Waals surface area contributed by atoms with Crippen LogP contribution < -0.4 is 5.73 Å². The van der Waals surface area contributed by atoms with Crippen molar-refractivity contribution < 1.29 is 8.78 Å². The van der Waals surface area contributed by atoms with Gasteiger partial charge in [-0.1, -0.05) is 0 Å². The molecule has 0 amide bonds. The largest absolute Gasteiger partial charge is 0.328 e. The summed E-state index contributed by atoms with van der Waals surface area (Å²) >= 11 is 0. The third-order valence-corrected chi connectivity index (χ3v) is 4.11. The Balaban J connectivity index is 1.86. The first-order valence-corrected chi connectivity index (χ1v) is 6.96. The molecule has 1 aromatic rings. The maximum absolute atomic E-state index is 13.5. The van der Waals surface area contributed by atoms with Crippen molar-refractivity contribution in [2.24, 2.45) is 5.73 Å². The molecule has 2 N–H and O–H groups in total. The summed E-state index contributed by atoms with van der Waals surface area (Å²) in [7, 11) is 2.05. The zero-order valence-corrected chi connectivity index (χ0v) is 11.4. The van der Waals surface area contributed by atoms with Crippen molar-refractivity contribution >= 4 is 0 Å². The van der Waals surface area contributed by atoms with Crippen molar-refractivity contribution in [3.8, 4) is 0 Å². The second kappa shape index (κ2) is 6.44. The molecule has 1 aromatic carbocycles. The van der Waals surface area contributed by atoms with Crippen LogP contribution in [0, 0.1) is 11.6 Å². The summed E-state index contributed by atoms with van der Waals surface area (Å²) in [6.45, 7) is 0.750. The Labute approximate surface area is 113 Å². The fourth-order valence-electron chi connectivity index (χ4n) is 2.76. The highest BCUT2D eigenvalue weighted by atomic mass is 19.1. The van der Waals surface area contributed by atoms with Crippen LogP contribution in [0.5, 0.6) is 0 Å². The van der Waals surface area contributed by atoms with E-state index in [1.807, 2.05) is 0 Å². The first kappa shape index (κ1) is 14.4. The number of halogens is 2. The average molecular weight is 268 g/mol. The number of benzene rings is 1. The van der Waals surface area contributed by atoms with Crippen molar-refractivity contribution in [2.45, 2.75) is 44.2 Å². The van der Waals surface area contributed by atoms with Gasteiger partial charge in [0.25, 0.3) is 0 Å². The lowest BCUT2D eigenvalue weighted by atomic mass is 9.91. The Morgan fingerprint density at radius 2 is 1.89 bits per heavy atom. The van der Waals surface area contributed by atoms with E-state index in [-0.39, 0.29) is 11.6 Å². The van der Waals surface area contributed by atoms with E-state index >= 15 is 0 Å². The highest BCUT2D eigenvalue weighted by Gasteiger charge is 2.21. The molecule has 0 heterocycles. The highest BCUT2D eigenvalue weighted by molar-refractivity contribution is 5.19. The molecule has 1 saturated carbocycles. The molecule has 0 bridgehead atoms. The first-order chi connectivity index (χ1) is 9.06. The highest BCUT2D eigenvalue weighted by Crippen LogP contribution is 2.21. The number of nitrogens with zero attached hydrogens (tertiary/aromatic N) is 1. The molecule has 0 spiro atoms. The van der Waals surface area contributed by atoms with E-state index < -0.39 is 0 Å². The summed E-state index contributed by atoms with van der Waals surface area (Å²) in [4.78, 5) is 2.25. The van der Waals surface area contributed by atoms with Crippen molar-refractivity contribution in [3.05, 3.63) is 35.4 Å². The SMILES string of the molecule is CN(CCc1cc(F)ccc1F)C1CCC(N)CC1. The number of hydrogen-bond acceptors (Lipinski definition) is 2. The molecular formula is C15H22F2N2. The average Bonchev–Trinajstić information content (AvgIpc) is 2.40. The molecule has 0 aromatic heterocycles. The standard InChI is InChI=1S/C15H22F2N2/c1-19(14-5-3-13(18)4-6-14)9-8-11-10-12(16)2-7-15(11)17/h2,7,10,13-14H,3-6,8-9,18H2,1H3. The maximum Gasteiger partial charge on any atom is 0.126 e. The minimum absolute atomic E-state index is 0.319. The quantitative estimate of drug-likeness (QED) is 0.909. The number of rotatable bonds is 4. The number of nitrogens with two attached hydrogens (primary N) is 1. The monoisotopic (exact) mass is 268 g/mol. The van der Waals surface area contributed by atoms with Gasteiger partial charge in [-0.05, 0) is 62.9 Å². The van der Waals surface area contributed by atoms with Crippen LogP contribution in [0.2, 0.25) is 0 Å². The summed E-state index contributed by atoms with van der Waals surface area (Å²) in [5, 5.41) is 0. The molecule has 0 radical (unpaired) electrons. The van der Waals surface area contributed by atoms with E-state index in [1.165, 1.54) is 12.1 Å². The molecule has 4 heteroatoms. The second-order valence-corrected chi connectivity index (χ2v) is 5.53. The molecule has 0 aliphatic heterocycles. The molecule has 2 nitrogen and oxygen atoms in total. The molecule has 1 aliphatic rings. The lowest BCUT2D eigenvalue weighted by Gasteiger charge is -2.33. The van der Waals surface area contributed by atoms with Crippen LogP contribution in [0.15, 0.2) is 18.2 Å². The van der Waals surface area contributed by atoms with Crippen LogP contribution in [-0.4, -0.2) is 30.6 Å². The van der Waals surface area contributed by atoms with Gasteiger partial charge in [0.05, 0.1) is 0 Å². The Morgan fingerprint density at radius 1 is 1.21 bits per heavy atom. The van der Waals surface area contributed by atoms with Gasteiger partial charge in [-0.2, -0.15) is 0 Å². The lowest BCUT2D eigenvalue weighted by molar-refractivity contribution is 0.184. The summed E-state index contributed by atoms with van der Waals surface area (Å²) in [5.74, 6) is -0.692. The van der Waals surface area contributed by atoms with Crippen molar-refractivity contribution in [3.63, 3.8) is 0 Å². The van der Waals surface area contributed by atoms with E-state index in [2.05, 4.69) is 11.9 Å². The Kier molecular flexibility index (Phi) is 4.88. The van der Waals surface area contributed by atoms with Gasteiger partial charge in [-0.3, -0.25) is 0 Å². The minimum atomic E-state index is -0.373. The zero-order chi connectivity index (χ0) is 13.8. The summed E-state index contributed by atoms with van der Waals surface area (Å²) in [5.41, 5.74) is 6.35. The number of hydrogen-bond donors (Lipinski definition) is 1. The van der Waals surface area contributed by atoms with Crippen molar-refractivity contribution in [2.75, 3.05) is 13.6 Å². The summed E-state index contributed by atoms with van der Waals surface area (Å²) in [6.07, 6.45) is 4.86. The van der Waals surface area contributed by atoms with Gasteiger partial charge in [-0.15, -0.1) is 0 Å². The van der Waals surface area contributed by atoms with Gasteiger partial charge in [0, 0.05) is 18.6 Å². The topological polar surface area (TPSA) is 29.3 Å². The fraction of sp³-hybridized carbons (Fsp3) is 0.600. The summed E-state index contributed by atoms with van der Waals surface area (Å²) < 4.78 is 26.6. The van der Waals surface area contributed by atoms with Crippen LogP contribution in [0.25, 0.3) is 0 Å². The van der Waals surface area contributed by atoms with Crippen molar-refractivity contribution in [1.29, 1.82) is 0 Å². The first-order valence-electron chi connectivity index (χ1n) is 6.96. The van der Waals surface area contributed by atoms with Gasteiger partial charge >= 0.3 is 0 Å². The Bertz CT molecular complexity index is 415. The van der Waals surface area contributed by atoms with E-state index in [4.69, 9.17) is 5.73 Å². The molecule has 1 aliphatic carbocycles. The molecule has 19 heavy (non-hydrogen) atoms. The summed E-state index contributed by atoms with van der Waals surface area (Å²) in [6, 6.07) is 4.51. The minimum Gasteiger partial charge on any atom is -0.328 e. The van der Waals surface area contributed by atoms with Gasteiger partial charge < -0.3 is 10.6 Å². The molecular weight excluding hydrogens is 246 g/mol. The van der Waals surface area contributed by atoms with E-state index in [0.717, 1.165) is 38.3 Å². The van der Waals surface area contributed by atoms with Crippen LogP contribution >= 0.6 is 0 Å². The molecule has 0 unspecified atom stereocenters. The Morgan fingerprint density at radius 3 is 2.58 bits per heavy atom. The third kappa shape index (κ3) is 3.98. The molecule has 0 atom stereocenters. The van der Waals surface area contributed by atoms with Gasteiger partial charge in [0.2, 0.25) is 0 Å². The predicted molar refractivity (Wildman–Crippen MR) is 72.9 cm³/mol. The molecule has 2 rings (SSSR count). The smallest absolute Gasteiger partial charge is 0.126 e. The van der Waals surface area contributed by atoms with Crippen LogP contribution in [0.3, 0.4) is 0 Å². The van der Waals surface area contributed by atoms with Crippen LogP contribution in [0.4, 0.5) is 8.78 Å². The fourth-order valence-corrected chi connectivity index (χ4v) is 2.76. The molecule has 1 fully saturated rings. The number of likely N-dealkylation sites (N-methyl/N-ethyl adjacent to an activating group) is 1. The van der Waals surface area contributed by atoms with E-state index in [9.17, 15) is 8.78 Å². The molecule has 106 valence electrons. The predicted octanol–water partition coefficient (Wildman–Crippen LogP) is 2.71. The lowest BCUT2D eigenvalue weighted by Crippen LogP contribution is -2.39. The Hall–Kier alpha value is -1.00. The molecule has 0 saturated heterocycles. The van der Waals surface area contributed by atoms with E-state index in [1.54, 1.807) is 0 Å². The second-order valence-electron chi connectivity index (χ2n) is 5.53. The maximum atomic E-state index is 13.5. The van der Waals surface area contributed by atoms with Gasteiger partial charge in [-0.25, -0.2) is 8.78 Å². The normalized spacial score (nSPS) is 23.8. The van der Waals surface area contributed by atoms with Crippen molar-refractivity contribution in [1.82, 2.24) is 4.90 Å². The van der Waals surface area contributed by atoms with Crippen LogP contribution in [0.1, 0.15) is 31.2 Å².